The molecule has 0 atom stereocenters. The van der Waals surface area contributed by atoms with E-state index in [1.807, 2.05) is 18.2 Å². The molecule has 2 rings (SSSR count). The van der Waals surface area contributed by atoms with Gasteiger partial charge in [-0.2, -0.15) is 0 Å². The van der Waals surface area contributed by atoms with Gasteiger partial charge in [-0.1, -0.05) is 30.3 Å². The van der Waals surface area contributed by atoms with Crippen molar-refractivity contribution in [3.05, 3.63) is 48.4 Å². The molecule has 0 radical (unpaired) electrons. The minimum Gasteiger partial charge on any atom is -0.476 e. The molecule has 0 aliphatic heterocycles. The summed E-state index contributed by atoms with van der Waals surface area (Å²) in [5, 5.41) is 8.92. The van der Waals surface area contributed by atoms with Crippen LogP contribution in [0.5, 0.6) is 0 Å². The highest BCUT2D eigenvalue weighted by atomic mass is 16.4. The number of hydrogen-bond acceptors (Lipinski definition) is 3. The van der Waals surface area contributed by atoms with Crippen LogP contribution in [0.15, 0.2) is 42.7 Å². The molecule has 1 N–H and O–H groups in total. The van der Waals surface area contributed by atoms with Crippen LogP contribution in [0, 0.1) is 0 Å². The molecule has 0 aliphatic rings. The van der Waals surface area contributed by atoms with E-state index in [2.05, 4.69) is 9.97 Å². The topological polar surface area (TPSA) is 63.1 Å². The first kappa shape index (κ1) is 9.33. The van der Waals surface area contributed by atoms with E-state index >= 15 is 0 Å². The van der Waals surface area contributed by atoms with Gasteiger partial charge in [0.05, 0.1) is 0 Å². The van der Waals surface area contributed by atoms with Crippen LogP contribution in [-0.2, 0) is 0 Å². The number of rotatable bonds is 2. The number of benzene rings is 1. The Labute approximate surface area is 86.2 Å². The molecule has 0 unspecified atom stereocenters. The second-order valence-corrected chi connectivity index (χ2v) is 2.92. The summed E-state index contributed by atoms with van der Waals surface area (Å²) in [6.45, 7) is 0. The van der Waals surface area contributed by atoms with Crippen LogP contribution in [0.2, 0.25) is 0 Å². The maximum atomic E-state index is 10.9. The van der Waals surface area contributed by atoms with Crippen molar-refractivity contribution < 1.29 is 9.90 Å². The van der Waals surface area contributed by atoms with Gasteiger partial charge in [-0.15, -0.1) is 0 Å². The molecule has 0 amide bonds. The number of carboxylic acid groups (broad SMARTS) is 1. The normalized spacial score (nSPS) is 9.87. The Hall–Kier alpha value is -2.23. The van der Waals surface area contributed by atoms with E-state index in [0.29, 0.717) is 5.69 Å². The lowest BCUT2D eigenvalue weighted by Gasteiger charge is -2.02. The molecule has 1 heterocycles. The molecule has 0 bridgehead atoms. The zero-order chi connectivity index (χ0) is 10.7. The second kappa shape index (κ2) is 3.88. The number of aromatic carboxylic acids is 1. The molecule has 1 aromatic heterocycles. The summed E-state index contributed by atoms with van der Waals surface area (Å²) in [7, 11) is 0. The number of carbonyl (C=O) groups is 1. The lowest BCUT2D eigenvalue weighted by atomic mass is 10.1. The van der Waals surface area contributed by atoms with Crippen LogP contribution >= 0.6 is 0 Å². The third-order valence-electron chi connectivity index (χ3n) is 1.95. The van der Waals surface area contributed by atoms with Gasteiger partial charge in [0.25, 0.3) is 0 Å². The second-order valence-electron chi connectivity index (χ2n) is 2.92. The van der Waals surface area contributed by atoms with Crippen LogP contribution in [0.4, 0.5) is 0 Å². The summed E-state index contributed by atoms with van der Waals surface area (Å²) < 4.78 is 0. The monoisotopic (exact) mass is 200 g/mol. The van der Waals surface area contributed by atoms with Gasteiger partial charge in [0, 0.05) is 18.0 Å². The fraction of sp³-hybridized carbons (Fsp3) is 0. The van der Waals surface area contributed by atoms with E-state index in [4.69, 9.17) is 5.11 Å². The molecule has 15 heavy (non-hydrogen) atoms. The molecule has 0 fully saturated rings. The van der Waals surface area contributed by atoms with E-state index in [-0.39, 0.29) is 5.69 Å². The third kappa shape index (κ3) is 1.83. The largest absolute Gasteiger partial charge is 0.476 e. The fourth-order valence-electron chi connectivity index (χ4n) is 1.30. The first-order chi connectivity index (χ1) is 7.29. The smallest absolute Gasteiger partial charge is 0.356 e. The lowest BCUT2D eigenvalue weighted by Crippen LogP contribution is -2.04. The maximum absolute atomic E-state index is 10.9. The third-order valence-corrected chi connectivity index (χ3v) is 1.95. The Balaban J connectivity index is 2.58. The zero-order valence-corrected chi connectivity index (χ0v) is 7.79. The van der Waals surface area contributed by atoms with Crippen LogP contribution in [0.3, 0.4) is 0 Å². The lowest BCUT2D eigenvalue weighted by molar-refractivity contribution is 0.0691. The van der Waals surface area contributed by atoms with E-state index in [1.54, 1.807) is 12.1 Å². The minimum atomic E-state index is -1.07. The van der Waals surface area contributed by atoms with Crippen molar-refractivity contribution in [3.8, 4) is 11.3 Å². The van der Waals surface area contributed by atoms with E-state index < -0.39 is 5.97 Å². The standard InChI is InChI=1S/C11H8N2O2/c14-11(15)10-9(12-6-7-13-10)8-4-2-1-3-5-8/h1-7H,(H,14,15). The van der Waals surface area contributed by atoms with Crippen molar-refractivity contribution in [1.29, 1.82) is 0 Å². The van der Waals surface area contributed by atoms with Gasteiger partial charge >= 0.3 is 5.97 Å². The summed E-state index contributed by atoms with van der Waals surface area (Å²) in [5.41, 5.74) is 1.12. The SMILES string of the molecule is O=C(O)c1nccnc1-c1ccccc1. The van der Waals surface area contributed by atoms with Gasteiger partial charge in [0.15, 0.2) is 5.69 Å². The van der Waals surface area contributed by atoms with Gasteiger partial charge in [-0.3, -0.25) is 4.98 Å². The van der Waals surface area contributed by atoms with Gasteiger partial charge in [0.2, 0.25) is 0 Å². The molecular formula is C11H8N2O2. The van der Waals surface area contributed by atoms with Crippen LogP contribution < -0.4 is 0 Å². The van der Waals surface area contributed by atoms with Crippen molar-refractivity contribution in [3.63, 3.8) is 0 Å². The first-order valence-electron chi connectivity index (χ1n) is 4.39. The molecular weight excluding hydrogens is 192 g/mol. The van der Waals surface area contributed by atoms with Crippen LogP contribution in [0.25, 0.3) is 11.3 Å². The molecule has 0 spiro atoms. The Bertz CT molecular complexity index is 483. The predicted molar refractivity (Wildman–Crippen MR) is 54.4 cm³/mol. The number of hydrogen-bond donors (Lipinski definition) is 1. The van der Waals surface area contributed by atoms with Gasteiger partial charge in [0.1, 0.15) is 5.69 Å². The Kier molecular flexibility index (Phi) is 2.41. The molecule has 4 nitrogen and oxygen atoms in total. The molecule has 0 saturated heterocycles. The average molecular weight is 200 g/mol. The molecule has 0 saturated carbocycles. The summed E-state index contributed by atoms with van der Waals surface area (Å²) in [6, 6.07) is 9.12. The zero-order valence-electron chi connectivity index (χ0n) is 7.79. The molecule has 2 aromatic rings. The van der Waals surface area contributed by atoms with E-state index in [1.165, 1.54) is 12.4 Å². The highest BCUT2D eigenvalue weighted by molar-refractivity contribution is 5.92. The van der Waals surface area contributed by atoms with Crippen molar-refractivity contribution in [2.24, 2.45) is 0 Å². The Morgan fingerprint density at radius 3 is 2.40 bits per heavy atom. The molecule has 1 aromatic carbocycles. The van der Waals surface area contributed by atoms with Crippen molar-refractivity contribution in [1.82, 2.24) is 9.97 Å². The van der Waals surface area contributed by atoms with Crippen LogP contribution in [0.1, 0.15) is 10.5 Å². The Morgan fingerprint density at radius 2 is 1.73 bits per heavy atom. The predicted octanol–water partition coefficient (Wildman–Crippen LogP) is 1.84. The molecule has 4 heteroatoms. The van der Waals surface area contributed by atoms with Gasteiger partial charge in [-0.05, 0) is 0 Å². The van der Waals surface area contributed by atoms with Crippen LogP contribution in [-0.4, -0.2) is 21.0 Å². The van der Waals surface area contributed by atoms with Gasteiger partial charge in [-0.25, -0.2) is 9.78 Å². The van der Waals surface area contributed by atoms with Crippen molar-refractivity contribution >= 4 is 5.97 Å². The minimum absolute atomic E-state index is 0.0244. The highest BCUT2D eigenvalue weighted by Gasteiger charge is 2.13. The number of aromatic nitrogens is 2. The molecule has 74 valence electrons. The Morgan fingerprint density at radius 1 is 1.07 bits per heavy atom. The van der Waals surface area contributed by atoms with Gasteiger partial charge < -0.3 is 5.11 Å². The highest BCUT2D eigenvalue weighted by Crippen LogP contribution is 2.18. The number of nitrogens with zero attached hydrogens (tertiary/aromatic N) is 2. The summed E-state index contributed by atoms with van der Waals surface area (Å²) in [6.07, 6.45) is 2.85. The quantitative estimate of drug-likeness (QED) is 0.803. The average Bonchev–Trinajstić information content (AvgIpc) is 2.30. The van der Waals surface area contributed by atoms with E-state index in [9.17, 15) is 4.79 Å². The summed E-state index contributed by atoms with van der Waals surface area (Å²) >= 11 is 0. The summed E-state index contributed by atoms with van der Waals surface area (Å²) in [5.74, 6) is -1.07. The van der Waals surface area contributed by atoms with Crippen molar-refractivity contribution in [2.45, 2.75) is 0 Å². The van der Waals surface area contributed by atoms with E-state index in [0.717, 1.165) is 5.56 Å². The van der Waals surface area contributed by atoms with Crippen molar-refractivity contribution in [2.75, 3.05) is 0 Å². The fourth-order valence-corrected chi connectivity index (χ4v) is 1.30. The summed E-state index contributed by atoms with van der Waals surface area (Å²) in [4.78, 5) is 18.7. The first-order valence-corrected chi connectivity index (χ1v) is 4.39. The molecule has 0 aliphatic carbocycles. The maximum Gasteiger partial charge on any atom is 0.356 e. The number of carboxylic acids is 1.